The second-order valence-corrected chi connectivity index (χ2v) is 7.03. The molecule has 0 atom stereocenters. The van der Waals surface area contributed by atoms with E-state index in [9.17, 15) is 4.39 Å². The van der Waals surface area contributed by atoms with E-state index in [2.05, 4.69) is 9.98 Å². The van der Waals surface area contributed by atoms with E-state index >= 15 is 0 Å². The lowest BCUT2D eigenvalue weighted by atomic mass is 10.1. The summed E-state index contributed by atoms with van der Waals surface area (Å²) in [6.45, 7) is 2.17. The number of fused-ring (bicyclic) bond motifs is 1. The number of aromatic nitrogens is 1. The molecular weight excluding hydrogens is 426 g/mol. The number of halogens is 4. The van der Waals surface area contributed by atoms with Crippen molar-refractivity contribution in [2.24, 2.45) is 10.7 Å². The smallest absolute Gasteiger partial charge is 0.300 e. The van der Waals surface area contributed by atoms with E-state index in [0.29, 0.717) is 10.9 Å². The van der Waals surface area contributed by atoms with E-state index in [0.717, 1.165) is 13.8 Å². The molecule has 0 spiro atoms. The van der Waals surface area contributed by atoms with E-state index < -0.39 is 21.5 Å². The number of alkyl halides is 3. The number of benzene rings is 1. The Morgan fingerprint density at radius 3 is 2.11 bits per heavy atom. The molecule has 0 aliphatic heterocycles. The maximum Gasteiger partial charge on any atom is 0.300 e. The SMILES string of the molecule is CC(=O)O.CC(=O)O.NC(=Nc1cnc2cc(F)ccc2c1N)C(Cl)(Cl)Cl. The summed E-state index contributed by atoms with van der Waals surface area (Å²) in [5, 5.41) is 15.4. The second-order valence-electron chi connectivity index (χ2n) is 4.75. The van der Waals surface area contributed by atoms with Gasteiger partial charge in [0.05, 0.1) is 17.4 Å². The van der Waals surface area contributed by atoms with Gasteiger partial charge in [-0.2, -0.15) is 0 Å². The van der Waals surface area contributed by atoms with Crippen molar-refractivity contribution in [3.05, 3.63) is 30.2 Å². The molecule has 2 aromatic rings. The van der Waals surface area contributed by atoms with Crippen molar-refractivity contribution in [3.8, 4) is 0 Å². The van der Waals surface area contributed by atoms with Crippen LogP contribution in [0.2, 0.25) is 0 Å². The summed E-state index contributed by atoms with van der Waals surface area (Å²) in [5.74, 6) is -2.30. The van der Waals surface area contributed by atoms with Gasteiger partial charge in [-0.25, -0.2) is 9.38 Å². The number of hydrogen-bond acceptors (Lipinski definition) is 5. The van der Waals surface area contributed by atoms with Crippen LogP contribution in [0.1, 0.15) is 13.8 Å². The molecule has 1 aromatic carbocycles. The maximum absolute atomic E-state index is 13.1. The second kappa shape index (κ2) is 10.7. The van der Waals surface area contributed by atoms with E-state index in [1.165, 1.54) is 24.4 Å². The van der Waals surface area contributed by atoms with Crippen LogP contribution >= 0.6 is 34.8 Å². The highest BCUT2D eigenvalue weighted by Crippen LogP contribution is 2.32. The normalized spacial score (nSPS) is 11.0. The molecule has 0 bridgehead atoms. The van der Waals surface area contributed by atoms with Gasteiger partial charge in [0.25, 0.3) is 11.9 Å². The van der Waals surface area contributed by atoms with E-state index in [4.69, 9.17) is 66.1 Å². The fourth-order valence-corrected chi connectivity index (χ4v) is 1.59. The van der Waals surface area contributed by atoms with Crippen LogP contribution in [0.15, 0.2) is 29.4 Å². The van der Waals surface area contributed by atoms with Gasteiger partial charge in [-0.15, -0.1) is 0 Å². The number of carboxylic acid groups (broad SMARTS) is 2. The molecule has 1 heterocycles. The van der Waals surface area contributed by atoms with E-state index in [1.807, 2.05) is 0 Å². The minimum atomic E-state index is -1.83. The van der Waals surface area contributed by atoms with Crippen molar-refractivity contribution in [1.29, 1.82) is 0 Å². The summed E-state index contributed by atoms with van der Waals surface area (Å²) < 4.78 is 11.2. The Labute approximate surface area is 168 Å². The van der Waals surface area contributed by atoms with E-state index in [-0.39, 0.29) is 17.2 Å². The Kier molecular flexibility index (Phi) is 9.77. The van der Waals surface area contributed by atoms with Crippen molar-refractivity contribution in [2.75, 3.05) is 5.73 Å². The minimum Gasteiger partial charge on any atom is -0.481 e. The maximum atomic E-state index is 13.1. The first kappa shape index (κ1) is 24.6. The fraction of sp³-hybridized carbons (Fsp3) is 0.200. The molecule has 148 valence electrons. The average molecular weight is 442 g/mol. The molecule has 0 fully saturated rings. The van der Waals surface area contributed by atoms with Crippen LogP contribution < -0.4 is 11.5 Å². The third kappa shape index (κ3) is 9.78. The van der Waals surface area contributed by atoms with Crippen molar-refractivity contribution in [1.82, 2.24) is 4.98 Å². The molecule has 0 amide bonds. The van der Waals surface area contributed by atoms with Gasteiger partial charge in [-0.1, -0.05) is 34.8 Å². The van der Waals surface area contributed by atoms with Crippen LogP contribution in [0.3, 0.4) is 0 Å². The zero-order valence-corrected chi connectivity index (χ0v) is 16.3. The van der Waals surface area contributed by atoms with Gasteiger partial charge in [0.15, 0.2) is 5.84 Å². The first-order valence-electron chi connectivity index (χ1n) is 6.89. The zero-order chi connectivity index (χ0) is 21.4. The number of nitrogen functional groups attached to an aromatic ring is 1. The first-order valence-corrected chi connectivity index (χ1v) is 8.03. The van der Waals surface area contributed by atoms with Gasteiger partial charge in [0.1, 0.15) is 11.5 Å². The predicted octanol–water partition coefficient (Wildman–Crippen LogP) is 3.50. The number of carbonyl (C=O) groups is 2. The zero-order valence-electron chi connectivity index (χ0n) is 14.1. The molecule has 12 heteroatoms. The lowest BCUT2D eigenvalue weighted by Gasteiger charge is -2.11. The summed E-state index contributed by atoms with van der Waals surface area (Å²) in [5.41, 5.74) is 12.4. The summed E-state index contributed by atoms with van der Waals surface area (Å²) in [6, 6.07) is 4.03. The number of hydrogen-bond donors (Lipinski definition) is 4. The molecule has 6 N–H and O–H groups in total. The van der Waals surface area contributed by atoms with Gasteiger partial charge >= 0.3 is 0 Å². The topological polar surface area (TPSA) is 152 Å². The van der Waals surface area contributed by atoms with Crippen molar-refractivity contribution >= 4 is 74.9 Å². The molecule has 8 nitrogen and oxygen atoms in total. The van der Waals surface area contributed by atoms with Gasteiger partial charge in [-0.3, -0.25) is 14.6 Å². The Morgan fingerprint density at radius 2 is 1.67 bits per heavy atom. The molecule has 0 aliphatic rings. The van der Waals surface area contributed by atoms with Crippen molar-refractivity contribution in [3.63, 3.8) is 0 Å². The lowest BCUT2D eigenvalue weighted by molar-refractivity contribution is -0.135. The molecular formula is C15H16Cl3FN4O4. The molecule has 0 unspecified atom stereocenters. The Bertz CT molecular complexity index is 837. The van der Waals surface area contributed by atoms with Crippen LogP contribution in [-0.2, 0) is 9.59 Å². The van der Waals surface area contributed by atoms with E-state index in [1.54, 1.807) is 0 Å². The summed E-state index contributed by atoms with van der Waals surface area (Å²) >= 11 is 16.8. The molecule has 0 radical (unpaired) electrons. The number of anilines is 1. The van der Waals surface area contributed by atoms with Gasteiger partial charge in [0.2, 0.25) is 3.79 Å². The predicted molar refractivity (Wildman–Crippen MR) is 104 cm³/mol. The largest absolute Gasteiger partial charge is 0.481 e. The highest BCUT2D eigenvalue weighted by molar-refractivity contribution is 6.76. The standard InChI is InChI=1S/C11H8Cl3FN4.2C2H4O2/c12-11(13,14)10(17)19-8-4-18-7-3-5(15)1-2-6(7)9(8)16;2*1-2(3)4/h1-4H,(H2,16,18)(H2,17,19);2*1H3,(H,3,4). The van der Waals surface area contributed by atoms with Gasteiger partial charge in [-0.05, 0) is 12.1 Å². The Balaban J connectivity index is 0.000000718. The van der Waals surface area contributed by atoms with Crippen LogP contribution in [0.5, 0.6) is 0 Å². The molecule has 1 aromatic heterocycles. The number of carboxylic acids is 2. The summed E-state index contributed by atoms with van der Waals surface area (Å²) in [6.07, 6.45) is 1.33. The minimum absolute atomic E-state index is 0.229. The Hall–Kier alpha value is -2.36. The third-order valence-electron chi connectivity index (χ3n) is 2.38. The van der Waals surface area contributed by atoms with Crippen molar-refractivity contribution in [2.45, 2.75) is 17.6 Å². The highest BCUT2D eigenvalue weighted by Gasteiger charge is 2.25. The molecule has 27 heavy (non-hydrogen) atoms. The van der Waals surface area contributed by atoms with Gasteiger partial charge < -0.3 is 21.7 Å². The number of aliphatic carboxylic acids is 2. The average Bonchev–Trinajstić information content (AvgIpc) is 2.47. The lowest BCUT2D eigenvalue weighted by Crippen LogP contribution is -2.27. The molecule has 0 aliphatic carbocycles. The monoisotopic (exact) mass is 440 g/mol. The van der Waals surface area contributed by atoms with Crippen molar-refractivity contribution < 1.29 is 24.2 Å². The summed E-state index contributed by atoms with van der Waals surface area (Å²) in [4.78, 5) is 25.9. The quantitative estimate of drug-likeness (QED) is 0.300. The fourth-order valence-electron chi connectivity index (χ4n) is 1.46. The molecule has 0 saturated heterocycles. The number of amidine groups is 1. The molecule has 0 saturated carbocycles. The first-order chi connectivity index (χ1) is 12.3. The number of nitrogens with two attached hydrogens (primary N) is 2. The van der Waals surface area contributed by atoms with Crippen LogP contribution in [-0.4, -0.2) is 36.8 Å². The Morgan fingerprint density at radius 1 is 1.19 bits per heavy atom. The highest BCUT2D eigenvalue weighted by atomic mass is 35.6. The van der Waals surface area contributed by atoms with Crippen LogP contribution in [0, 0.1) is 5.82 Å². The molecule has 2 rings (SSSR count). The van der Waals surface area contributed by atoms with Crippen LogP contribution in [0.25, 0.3) is 10.9 Å². The van der Waals surface area contributed by atoms with Crippen LogP contribution in [0.4, 0.5) is 15.8 Å². The number of pyridine rings is 1. The number of aliphatic imine (C=N–C) groups is 1. The number of rotatable bonds is 1. The van der Waals surface area contributed by atoms with Gasteiger partial charge in [0, 0.05) is 25.3 Å². The summed E-state index contributed by atoms with van der Waals surface area (Å²) in [7, 11) is 0. The number of nitrogens with zero attached hydrogens (tertiary/aromatic N) is 2. The third-order valence-corrected chi connectivity index (χ3v) is 2.96.